The average molecular weight is 206 g/mol. The van der Waals surface area contributed by atoms with Gasteiger partial charge in [-0.3, -0.25) is 0 Å². The van der Waals surface area contributed by atoms with Gasteiger partial charge in [0.25, 0.3) is 0 Å². The van der Waals surface area contributed by atoms with Gasteiger partial charge in [-0.05, 0) is 12.0 Å². The zero-order chi connectivity index (χ0) is 10.5. The molecule has 0 bridgehead atoms. The van der Waals surface area contributed by atoms with Crippen molar-refractivity contribution in [3.63, 3.8) is 0 Å². The first kappa shape index (κ1) is 10.7. The van der Waals surface area contributed by atoms with Crippen molar-refractivity contribution in [2.24, 2.45) is 5.92 Å². The summed E-state index contributed by atoms with van der Waals surface area (Å²) in [7, 11) is 0. The minimum Gasteiger partial charge on any atom is -0.375 e. The van der Waals surface area contributed by atoms with Crippen LogP contribution in [0.25, 0.3) is 0 Å². The molecule has 1 saturated heterocycles. The Morgan fingerprint density at radius 1 is 1.33 bits per heavy atom. The third-order valence-corrected chi connectivity index (χ3v) is 2.97. The summed E-state index contributed by atoms with van der Waals surface area (Å²) in [5.74, 6) is 0.709. The van der Waals surface area contributed by atoms with Crippen LogP contribution in [-0.4, -0.2) is 19.3 Å². The van der Waals surface area contributed by atoms with Gasteiger partial charge in [0, 0.05) is 5.92 Å². The molecule has 1 aliphatic heterocycles. The molecule has 0 amide bonds. The van der Waals surface area contributed by atoms with Crippen molar-refractivity contribution >= 4 is 0 Å². The van der Waals surface area contributed by atoms with Crippen LogP contribution in [-0.2, 0) is 16.1 Å². The van der Waals surface area contributed by atoms with Crippen LogP contribution < -0.4 is 0 Å². The maximum absolute atomic E-state index is 5.63. The van der Waals surface area contributed by atoms with Crippen LogP contribution in [0.5, 0.6) is 0 Å². The van der Waals surface area contributed by atoms with E-state index in [1.54, 1.807) is 0 Å². The average Bonchev–Trinajstić information content (AvgIpc) is 2.25. The highest BCUT2D eigenvalue weighted by Gasteiger charge is 2.30. The SMILES string of the molecule is CCC1COC1COCc1ccccc1. The van der Waals surface area contributed by atoms with Crippen molar-refractivity contribution < 1.29 is 9.47 Å². The number of rotatable bonds is 5. The van der Waals surface area contributed by atoms with E-state index >= 15 is 0 Å². The molecule has 0 spiro atoms. The Kier molecular flexibility index (Phi) is 3.75. The summed E-state index contributed by atoms with van der Waals surface area (Å²) in [6.07, 6.45) is 1.53. The molecule has 1 aromatic carbocycles. The molecule has 2 atom stereocenters. The van der Waals surface area contributed by atoms with E-state index in [4.69, 9.17) is 9.47 Å². The summed E-state index contributed by atoms with van der Waals surface area (Å²) >= 11 is 0. The molecular formula is C13H18O2. The van der Waals surface area contributed by atoms with Gasteiger partial charge in [0.05, 0.1) is 25.9 Å². The summed E-state index contributed by atoms with van der Waals surface area (Å²) < 4.78 is 11.1. The Morgan fingerprint density at radius 3 is 2.73 bits per heavy atom. The number of hydrogen-bond acceptors (Lipinski definition) is 2. The van der Waals surface area contributed by atoms with Crippen LogP contribution in [0.3, 0.4) is 0 Å². The van der Waals surface area contributed by atoms with Gasteiger partial charge in [-0.25, -0.2) is 0 Å². The molecule has 1 aromatic rings. The molecule has 0 N–H and O–H groups in total. The second-order valence-electron chi connectivity index (χ2n) is 4.04. The number of hydrogen-bond donors (Lipinski definition) is 0. The molecule has 1 heterocycles. The summed E-state index contributed by atoms with van der Waals surface area (Å²) in [6.45, 7) is 4.54. The Labute approximate surface area is 91.2 Å². The molecule has 1 aliphatic rings. The van der Waals surface area contributed by atoms with Crippen molar-refractivity contribution in [3.8, 4) is 0 Å². The van der Waals surface area contributed by atoms with Crippen LogP contribution in [0.1, 0.15) is 18.9 Å². The Hall–Kier alpha value is -0.860. The lowest BCUT2D eigenvalue weighted by Gasteiger charge is -2.35. The molecule has 2 heteroatoms. The highest BCUT2D eigenvalue weighted by atomic mass is 16.5. The van der Waals surface area contributed by atoms with Crippen molar-refractivity contribution in [2.45, 2.75) is 26.1 Å². The van der Waals surface area contributed by atoms with E-state index in [2.05, 4.69) is 19.1 Å². The van der Waals surface area contributed by atoms with Gasteiger partial charge in [0.2, 0.25) is 0 Å². The maximum atomic E-state index is 5.63. The highest BCUT2D eigenvalue weighted by Crippen LogP contribution is 2.23. The van der Waals surface area contributed by atoms with Gasteiger partial charge in [-0.15, -0.1) is 0 Å². The zero-order valence-corrected chi connectivity index (χ0v) is 9.19. The molecule has 0 radical (unpaired) electrons. The third kappa shape index (κ3) is 2.80. The molecule has 0 aliphatic carbocycles. The van der Waals surface area contributed by atoms with E-state index in [0.29, 0.717) is 18.6 Å². The molecule has 2 unspecified atom stereocenters. The molecule has 1 fully saturated rings. The van der Waals surface area contributed by atoms with Gasteiger partial charge in [0.1, 0.15) is 0 Å². The fourth-order valence-electron chi connectivity index (χ4n) is 1.80. The van der Waals surface area contributed by atoms with E-state index in [1.165, 1.54) is 12.0 Å². The summed E-state index contributed by atoms with van der Waals surface area (Å²) in [4.78, 5) is 0. The lowest BCUT2D eigenvalue weighted by atomic mass is 9.96. The number of benzene rings is 1. The smallest absolute Gasteiger partial charge is 0.0858 e. The first-order valence-electron chi connectivity index (χ1n) is 5.63. The predicted octanol–water partition coefficient (Wildman–Crippen LogP) is 2.63. The Bertz CT molecular complexity index is 282. The van der Waals surface area contributed by atoms with Crippen LogP contribution >= 0.6 is 0 Å². The monoisotopic (exact) mass is 206 g/mol. The molecule has 2 nitrogen and oxygen atoms in total. The van der Waals surface area contributed by atoms with Gasteiger partial charge < -0.3 is 9.47 Å². The van der Waals surface area contributed by atoms with Gasteiger partial charge >= 0.3 is 0 Å². The van der Waals surface area contributed by atoms with Gasteiger partial charge in [-0.2, -0.15) is 0 Å². The van der Waals surface area contributed by atoms with E-state index in [0.717, 1.165) is 13.2 Å². The quantitative estimate of drug-likeness (QED) is 0.737. The topological polar surface area (TPSA) is 18.5 Å². The summed E-state index contributed by atoms with van der Waals surface area (Å²) in [5, 5.41) is 0. The largest absolute Gasteiger partial charge is 0.375 e. The van der Waals surface area contributed by atoms with Crippen molar-refractivity contribution in [1.29, 1.82) is 0 Å². The van der Waals surface area contributed by atoms with Gasteiger partial charge in [-0.1, -0.05) is 37.3 Å². The first-order chi connectivity index (χ1) is 7.40. The normalized spacial score (nSPS) is 24.9. The van der Waals surface area contributed by atoms with Crippen molar-refractivity contribution in [1.82, 2.24) is 0 Å². The van der Waals surface area contributed by atoms with Crippen molar-refractivity contribution in [3.05, 3.63) is 35.9 Å². The fraction of sp³-hybridized carbons (Fsp3) is 0.538. The lowest BCUT2D eigenvalue weighted by Crippen LogP contribution is -2.42. The number of ether oxygens (including phenoxy) is 2. The van der Waals surface area contributed by atoms with Crippen LogP contribution in [0.2, 0.25) is 0 Å². The lowest BCUT2D eigenvalue weighted by molar-refractivity contribution is -0.149. The van der Waals surface area contributed by atoms with Crippen LogP contribution in [0.4, 0.5) is 0 Å². The third-order valence-electron chi connectivity index (χ3n) is 2.97. The second kappa shape index (κ2) is 5.29. The zero-order valence-electron chi connectivity index (χ0n) is 9.19. The molecule has 82 valence electrons. The molecule has 15 heavy (non-hydrogen) atoms. The predicted molar refractivity (Wildman–Crippen MR) is 59.6 cm³/mol. The van der Waals surface area contributed by atoms with Gasteiger partial charge in [0.15, 0.2) is 0 Å². The maximum Gasteiger partial charge on any atom is 0.0858 e. The molecule has 0 aromatic heterocycles. The first-order valence-corrected chi connectivity index (χ1v) is 5.63. The molecule has 2 rings (SSSR count). The van der Waals surface area contributed by atoms with Crippen LogP contribution in [0.15, 0.2) is 30.3 Å². The second-order valence-corrected chi connectivity index (χ2v) is 4.04. The standard InChI is InChI=1S/C13H18O2/c1-2-12-9-15-13(12)10-14-8-11-6-4-3-5-7-11/h3-7,12-13H,2,8-10H2,1H3. The van der Waals surface area contributed by atoms with E-state index in [-0.39, 0.29) is 0 Å². The molecular weight excluding hydrogens is 188 g/mol. The minimum absolute atomic E-state index is 0.332. The highest BCUT2D eigenvalue weighted by molar-refractivity contribution is 5.13. The summed E-state index contributed by atoms with van der Waals surface area (Å²) in [6, 6.07) is 10.3. The van der Waals surface area contributed by atoms with E-state index in [9.17, 15) is 0 Å². The van der Waals surface area contributed by atoms with E-state index < -0.39 is 0 Å². The Morgan fingerprint density at radius 2 is 2.13 bits per heavy atom. The van der Waals surface area contributed by atoms with E-state index in [1.807, 2.05) is 18.2 Å². The Balaban J connectivity index is 1.67. The minimum atomic E-state index is 0.332. The van der Waals surface area contributed by atoms with Crippen LogP contribution in [0, 0.1) is 5.92 Å². The van der Waals surface area contributed by atoms with Crippen molar-refractivity contribution in [2.75, 3.05) is 13.2 Å². The fourth-order valence-corrected chi connectivity index (χ4v) is 1.80. The summed E-state index contributed by atoms with van der Waals surface area (Å²) in [5.41, 5.74) is 1.23. The molecule has 0 saturated carbocycles.